The quantitative estimate of drug-likeness (QED) is 0.940. The molecule has 0 unspecified atom stereocenters. The second-order valence-corrected chi connectivity index (χ2v) is 5.21. The van der Waals surface area contributed by atoms with Gasteiger partial charge in [0.05, 0.1) is 17.8 Å². The van der Waals surface area contributed by atoms with Crippen LogP contribution in [0, 0.1) is 18.6 Å². The lowest BCUT2D eigenvalue weighted by Crippen LogP contribution is -2.47. The molecule has 0 saturated carbocycles. The summed E-state index contributed by atoms with van der Waals surface area (Å²) in [6.07, 6.45) is 0. The summed E-state index contributed by atoms with van der Waals surface area (Å²) in [6, 6.07) is 3.25. The van der Waals surface area contributed by atoms with Gasteiger partial charge in [0, 0.05) is 25.7 Å². The zero-order chi connectivity index (χ0) is 15.7. The number of hydrogen-bond acceptors (Lipinski definition) is 4. The minimum atomic E-state index is -0.717. The van der Waals surface area contributed by atoms with E-state index in [4.69, 9.17) is 4.42 Å². The smallest absolute Gasteiger partial charge is 0.234 e. The number of aryl methyl sites for hydroxylation is 1. The van der Waals surface area contributed by atoms with Crippen LogP contribution >= 0.6 is 0 Å². The Bertz CT molecular complexity index is 715. The third-order valence-electron chi connectivity index (χ3n) is 3.54. The van der Waals surface area contributed by atoms with E-state index in [0.29, 0.717) is 31.1 Å². The van der Waals surface area contributed by atoms with E-state index in [1.54, 1.807) is 6.92 Å². The van der Waals surface area contributed by atoms with Crippen LogP contribution in [0.5, 0.6) is 0 Å². The Hall–Kier alpha value is -2.28. The zero-order valence-electron chi connectivity index (χ0n) is 12.0. The summed E-state index contributed by atoms with van der Waals surface area (Å²) < 4.78 is 32.2. The van der Waals surface area contributed by atoms with Crippen LogP contribution in [-0.4, -0.2) is 35.4 Å². The highest BCUT2D eigenvalue weighted by atomic mass is 19.1. The molecule has 22 heavy (non-hydrogen) atoms. The summed E-state index contributed by atoms with van der Waals surface area (Å²) in [7, 11) is 0. The van der Waals surface area contributed by atoms with Gasteiger partial charge in [-0.1, -0.05) is 0 Å². The first kappa shape index (κ1) is 14.6. The predicted octanol–water partition coefficient (Wildman–Crippen LogP) is 1.86. The number of oxazole rings is 1. The van der Waals surface area contributed by atoms with E-state index in [0.717, 1.165) is 18.7 Å². The van der Waals surface area contributed by atoms with E-state index < -0.39 is 11.6 Å². The summed E-state index contributed by atoms with van der Waals surface area (Å²) >= 11 is 0. The number of nitrogens with one attached hydrogen (secondary N) is 1. The summed E-state index contributed by atoms with van der Waals surface area (Å²) in [5, 5.41) is 2.75. The van der Waals surface area contributed by atoms with E-state index >= 15 is 0 Å². The number of amides is 1. The first-order chi connectivity index (χ1) is 10.5. The van der Waals surface area contributed by atoms with Crippen molar-refractivity contribution in [1.29, 1.82) is 0 Å². The van der Waals surface area contributed by atoms with Crippen molar-refractivity contribution < 1.29 is 18.0 Å². The Kier molecular flexibility index (Phi) is 3.89. The van der Waals surface area contributed by atoms with Gasteiger partial charge in [0.15, 0.2) is 0 Å². The average Bonchev–Trinajstić information content (AvgIpc) is 2.80. The fourth-order valence-electron chi connectivity index (χ4n) is 2.39. The molecule has 0 radical (unpaired) electrons. The molecule has 1 fully saturated rings. The van der Waals surface area contributed by atoms with Crippen molar-refractivity contribution >= 4 is 5.91 Å². The van der Waals surface area contributed by atoms with Crippen molar-refractivity contribution in [3.8, 4) is 11.5 Å². The molecule has 0 aliphatic carbocycles. The molecule has 1 saturated heterocycles. The maximum Gasteiger partial charge on any atom is 0.234 e. The Morgan fingerprint density at radius 1 is 1.41 bits per heavy atom. The lowest BCUT2D eigenvalue weighted by Gasteiger charge is -2.25. The highest BCUT2D eigenvalue weighted by molar-refractivity contribution is 5.78. The second kappa shape index (κ2) is 5.84. The molecule has 1 aliphatic rings. The number of rotatable bonds is 3. The van der Waals surface area contributed by atoms with Crippen molar-refractivity contribution in [3.05, 3.63) is 41.3 Å². The van der Waals surface area contributed by atoms with Crippen LogP contribution < -0.4 is 5.32 Å². The molecule has 1 N–H and O–H groups in total. The van der Waals surface area contributed by atoms with Crippen LogP contribution in [0.1, 0.15) is 11.5 Å². The van der Waals surface area contributed by atoms with Gasteiger partial charge in [-0.25, -0.2) is 13.8 Å². The highest BCUT2D eigenvalue weighted by Crippen LogP contribution is 2.25. The molecule has 1 aromatic carbocycles. The summed E-state index contributed by atoms with van der Waals surface area (Å²) in [4.78, 5) is 17.6. The van der Waals surface area contributed by atoms with Gasteiger partial charge in [0.25, 0.3) is 0 Å². The lowest BCUT2D eigenvalue weighted by atomic mass is 10.2. The van der Waals surface area contributed by atoms with Gasteiger partial charge in [0.2, 0.25) is 11.8 Å². The van der Waals surface area contributed by atoms with Gasteiger partial charge in [-0.05, 0) is 19.1 Å². The number of carbonyl (C=O) groups is 1. The molecule has 0 atom stereocenters. The average molecular weight is 307 g/mol. The number of nitrogens with zero attached hydrogens (tertiary/aromatic N) is 2. The minimum absolute atomic E-state index is 0.0304. The normalized spacial score (nSPS) is 15.9. The van der Waals surface area contributed by atoms with Crippen LogP contribution in [0.4, 0.5) is 8.78 Å². The molecule has 116 valence electrons. The van der Waals surface area contributed by atoms with Gasteiger partial charge in [-0.3, -0.25) is 9.69 Å². The Morgan fingerprint density at radius 3 is 2.95 bits per heavy atom. The maximum atomic E-state index is 13.8. The van der Waals surface area contributed by atoms with Crippen LogP contribution in [-0.2, 0) is 11.3 Å². The van der Waals surface area contributed by atoms with E-state index in [9.17, 15) is 13.6 Å². The van der Waals surface area contributed by atoms with Crippen molar-refractivity contribution in [2.24, 2.45) is 0 Å². The third-order valence-corrected chi connectivity index (χ3v) is 3.54. The molecule has 1 amide bonds. The predicted molar refractivity (Wildman–Crippen MR) is 74.9 cm³/mol. The molecule has 2 aromatic rings. The summed E-state index contributed by atoms with van der Waals surface area (Å²) in [5.74, 6) is -0.720. The van der Waals surface area contributed by atoms with E-state index in [-0.39, 0.29) is 17.4 Å². The largest absolute Gasteiger partial charge is 0.441 e. The molecule has 1 aliphatic heterocycles. The van der Waals surface area contributed by atoms with Crippen molar-refractivity contribution in [3.63, 3.8) is 0 Å². The molecule has 7 heteroatoms. The third kappa shape index (κ3) is 2.99. The molecular formula is C15H15F2N3O2. The summed E-state index contributed by atoms with van der Waals surface area (Å²) in [6.45, 7) is 3.79. The van der Waals surface area contributed by atoms with Crippen molar-refractivity contribution in [1.82, 2.24) is 15.2 Å². The molecule has 5 nitrogen and oxygen atoms in total. The van der Waals surface area contributed by atoms with Crippen LogP contribution in [0.2, 0.25) is 0 Å². The fourth-order valence-corrected chi connectivity index (χ4v) is 2.39. The molecule has 0 bridgehead atoms. The van der Waals surface area contributed by atoms with Gasteiger partial charge in [-0.15, -0.1) is 0 Å². The molecular weight excluding hydrogens is 292 g/mol. The van der Waals surface area contributed by atoms with Crippen LogP contribution in [0.15, 0.2) is 22.6 Å². The van der Waals surface area contributed by atoms with E-state index in [1.165, 1.54) is 6.07 Å². The SMILES string of the molecule is Cc1oc(-c2ccc(F)cc2F)nc1CN1CCNC(=O)C1. The maximum absolute atomic E-state index is 13.8. The summed E-state index contributed by atoms with van der Waals surface area (Å²) in [5.41, 5.74) is 0.764. The first-order valence-electron chi connectivity index (χ1n) is 6.93. The first-order valence-corrected chi connectivity index (χ1v) is 6.93. The fraction of sp³-hybridized carbons (Fsp3) is 0.333. The van der Waals surface area contributed by atoms with E-state index in [2.05, 4.69) is 10.3 Å². The van der Waals surface area contributed by atoms with Gasteiger partial charge >= 0.3 is 0 Å². The Labute approximate surface area is 125 Å². The standard InChI is InChI=1S/C15H15F2N3O2/c1-9-13(7-20-5-4-18-14(21)8-20)19-15(22-9)11-3-2-10(16)6-12(11)17/h2-3,6H,4-5,7-8H2,1H3,(H,18,21). The van der Waals surface area contributed by atoms with Crippen LogP contribution in [0.3, 0.4) is 0 Å². The minimum Gasteiger partial charge on any atom is -0.441 e. The number of hydrogen-bond donors (Lipinski definition) is 1. The molecule has 2 heterocycles. The Morgan fingerprint density at radius 2 is 2.23 bits per heavy atom. The van der Waals surface area contributed by atoms with Gasteiger partial charge < -0.3 is 9.73 Å². The highest BCUT2D eigenvalue weighted by Gasteiger charge is 2.20. The molecule has 0 spiro atoms. The van der Waals surface area contributed by atoms with Gasteiger partial charge in [-0.2, -0.15) is 0 Å². The van der Waals surface area contributed by atoms with E-state index in [1.807, 2.05) is 4.90 Å². The number of benzene rings is 1. The monoisotopic (exact) mass is 307 g/mol. The zero-order valence-corrected chi connectivity index (χ0v) is 12.0. The second-order valence-electron chi connectivity index (χ2n) is 5.21. The molecule has 3 rings (SSSR count). The topological polar surface area (TPSA) is 58.4 Å². The van der Waals surface area contributed by atoms with Gasteiger partial charge in [0.1, 0.15) is 17.4 Å². The Balaban J connectivity index is 1.82. The lowest BCUT2D eigenvalue weighted by molar-refractivity contribution is -0.124. The van der Waals surface area contributed by atoms with Crippen molar-refractivity contribution in [2.75, 3.05) is 19.6 Å². The van der Waals surface area contributed by atoms with Crippen LogP contribution in [0.25, 0.3) is 11.5 Å². The van der Waals surface area contributed by atoms with Crippen molar-refractivity contribution in [2.45, 2.75) is 13.5 Å². The number of carbonyl (C=O) groups excluding carboxylic acids is 1. The number of aromatic nitrogens is 1. The number of piperazine rings is 1. The molecule has 1 aromatic heterocycles. The number of halogens is 2.